The Morgan fingerprint density at radius 1 is 1.36 bits per heavy atom. The molecule has 0 atom stereocenters. The van der Waals surface area contributed by atoms with Gasteiger partial charge in [-0.2, -0.15) is 8.78 Å². The maximum absolute atomic E-state index is 12.2. The highest BCUT2D eigenvalue weighted by Crippen LogP contribution is 2.22. The minimum Gasteiger partial charge on any atom is -0.308 e. The molecule has 1 aliphatic carbocycles. The summed E-state index contributed by atoms with van der Waals surface area (Å²) in [6, 6.07) is 0.318. The molecule has 0 aliphatic heterocycles. The van der Waals surface area contributed by atoms with Crippen LogP contribution in [0.3, 0.4) is 0 Å². The molecule has 1 rings (SSSR count). The smallest absolute Gasteiger partial charge is 0.308 e. The van der Waals surface area contributed by atoms with E-state index >= 15 is 0 Å². The van der Waals surface area contributed by atoms with E-state index in [0.29, 0.717) is 6.04 Å². The first-order chi connectivity index (χ1) is 5.08. The molecule has 0 bridgehead atoms. The number of nitrogens with one attached hydrogen (secondary N) is 1. The lowest BCUT2D eigenvalue weighted by atomic mass is 10.2. The summed E-state index contributed by atoms with van der Waals surface area (Å²) in [6.45, 7) is -0.252. The molecule has 0 aromatic rings. The molecule has 1 aliphatic rings. The molecule has 0 aromatic carbocycles. The van der Waals surface area contributed by atoms with Crippen molar-refractivity contribution in [1.82, 2.24) is 5.32 Å². The normalized spacial score (nSPS) is 21.0. The molecule has 66 valence electrons. The first kappa shape index (κ1) is 9.39. The van der Waals surface area contributed by atoms with Crippen LogP contribution in [0, 0.1) is 0 Å². The van der Waals surface area contributed by atoms with Gasteiger partial charge in [-0.1, -0.05) is 12.8 Å². The number of halogens is 3. The Morgan fingerprint density at radius 3 is 2.36 bits per heavy atom. The van der Waals surface area contributed by atoms with E-state index < -0.39 is 4.83 Å². The summed E-state index contributed by atoms with van der Waals surface area (Å²) in [7, 11) is 0. The first-order valence-corrected chi connectivity index (χ1v) is 4.67. The van der Waals surface area contributed by atoms with Crippen molar-refractivity contribution in [2.45, 2.75) is 36.6 Å². The number of rotatable bonds is 3. The summed E-state index contributed by atoms with van der Waals surface area (Å²) < 4.78 is 24.5. The highest BCUT2D eigenvalue weighted by atomic mass is 79.9. The van der Waals surface area contributed by atoms with Crippen molar-refractivity contribution in [3.8, 4) is 0 Å². The summed E-state index contributed by atoms with van der Waals surface area (Å²) in [5.74, 6) is 0. The topological polar surface area (TPSA) is 12.0 Å². The van der Waals surface area contributed by atoms with Crippen molar-refractivity contribution < 1.29 is 8.78 Å². The van der Waals surface area contributed by atoms with Crippen LogP contribution in [-0.4, -0.2) is 17.4 Å². The average Bonchev–Trinajstić information content (AvgIpc) is 2.32. The van der Waals surface area contributed by atoms with E-state index in [4.69, 9.17) is 0 Å². The predicted octanol–water partition coefficient (Wildman–Crippen LogP) is 2.51. The molecular weight excluding hydrogens is 216 g/mol. The van der Waals surface area contributed by atoms with Gasteiger partial charge in [0.25, 0.3) is 0 Å². The van der Waals surface area contributed by atoms with Gasteiger partial charge in [0.2, 0.25) is 0 Å². The molecule has 0 radical (unpaired) electrons. The Balaban J connectivity index is 2.11. The third kappa shape index (κ3) is 4.01. The molecule has 0 spiro atoms. The number of hydrogen-bond donors (Lipinski definition) is 1. The average molecular weight is 228 g/mol. The quantitative estimate of drug-likeness (QED) is 0.732. The van der Waals surface area contributed by atoms with Crippen LogP contribution in [0.1, 0.15) is 25.7 Å². The van der Waals surface area contributed by atoms with Crippen LogP contribution in [0.5, 0.6) is 0 Å². The summed E-state index contributed by atoms with van der Waals surface area (Å²) in [4.78, 5) is -2.74. The standard InChI is InChI=1S/C7H12BrF2N/c8-7(9,10)5-11-6-3-1-2-4-6/h6,11H,1-5H2. The largest absolute Gasteiger partial charge is 0.313 e. The Labute approximate surface area is 73.7 Å². The molecule has 0 heterocycles. The maximum Gasteiger partial charge on any atom is 0.313 e. The molecule has 1 N–H and O–H groups in total. The van der Waals surface area contributed by atoms with E-state index in [9.17, 15) is 8.78 Å². The van der Waals surface area contributed by atoms with Crippen molar-refractivity contribution in [2.24, 2.45) is 0 Å². The van der Waals surface area contributed by atoms with Gasteiger partial charge in [-0.05, 0) is 28.8 Å². The van der Waals surface area contributed by atoms with Crippen LogP contribution in [0.15, 0.2) is 0 Å². The number of hydrogen-bond acceptors (Lipinski definition) is 1. The van der Waals surface area contributed by atoms with E-state index in [1.807, 2.05) is 0 Å². The highest BCUT2D eigenvalue weighted by molar-refractivity contribution is 9.10. The van der Waals surface area contributed by atoms with Crippen molar-refractivity contribution in [2.75, 3.05) is 6.54 Å². The fraction of sp³-hybridized carbons (Fsp3) is 1.00. The monoisotopic (exact) mass is 227 g/mol. The maximum atomic E-state index is 12.2. The van der Waals surface area contributed by atoms with E-state index in [0.717, 1.165) is 12.8 Å². The summed E-state index contributed by atoms with van der Waals surface area (Å²) in [6.07, 6.45) is 4.43. The van der Waals surface area contributed by atoms with Gasteiger partial charge in [0.05, 0.1) is 6.54 Å². The Hall–Kier alpha value is 0.300. The summed E-state index contributed by atoms with van der Waals surface area (Å²) >= 11 is 2.29. The molecule has 0 saturated heterocycles. The second kappa shape index (κ2) is 3.81. The molecule has 1 saturated carbocycles. The van der Waals surface area contributed by atoms with Gasteiger partial charge in [0.15, 0.2) is 0 Å². The first-order valence-electron chi connectivity index (χ1n) is 3.88. The van der Waals surface area contributed by atoms with Gasteiger partial charge in [-0.15, -0.1) is 0 Å². The van der Waals surface area contributed by atoms with Gasteiger partial charge in [0, 0.05) is 6.04 Å². The van der Waals surface area contributed by atoms with Crippen LogP contribution < -0.4 is 5.32 Å². The lowest BCUT2D eigenvalue weighted by Gasteiger charge is -2.14. The van der Waals surface area contributed by atoms with Gasteiger partial charge < -0.3 is 5.32 Å². The Kier molecular flexibility index (Phi) is 3.25. The van der Waals surface area contributed by atoms with Gasteiger partial charge in [-0.25, -0.2) is 0 Å². The second-order valence-electron chi connectivity index (χ2n) is 2.98. The van der Waals surface area contributed by atoms with Gasteiger partial charge in [-0.3, -0.25) is 0 Å². The minimum absolute atomic E-state index is 0.252. The molecule has 1 fully saturated rings. The second-order valence-corrected chi connectivity index (χ2v) is 4.14. The fourth-order valence-corrected chi connectivity index (χ4v) is 1.55. The van der Waals surface area contributed by atoms with Crippen molar-refractivity contribution in [1.29, 1.82) is 0 Å². The molecule has 0 aromatic heterocycles. The van der Waals surface area contributed by atoms with E-state index in [-0.39, 0.29) is 6.54 Å². The van der Waals surface area contributed by atoms with Crippen molar-refractivity contribution in [3.63, 3.8) is 0 Å². The van der Waals surface area contributed by atoms with Crippen molar-refractivity contribution in [3.05, 3.63) is 0 Å². The van der Waals surface area contributed by atoms with Crippen LogP contribution in [0.4, 0.5) is 8.78 Å². The van der Waals surface area contributed by atoms with Crippen LogP contribution >= 0.6 is 15.9 Å². The molecule has 0 amide bonds. The molecule has 0 unspecified atom stereocenters. The summed E-state index contributed by atoms with van der Waals surface area (Å²) in [5, 5.41) is 2.82. The van der Waals surface area contributed by atoms with Crippen LogP contribution in [0.2, 0.25) is 0 Å². The van der Waals surface area contributed by atoms with E-state index in [1.165, 1.54) is 12.8 Å². The fourth-order valence-electron chi connectivity index (χ4n) is 1.39. The zero-order valence-corrected chi connectivity index (χ0v) is 7.83. The molecule has 1 nitrogen and oxygen atoms in total. The molecule has 4 heteroatoms. The third-order valence-corrected chi connectivity index (χ3v) is 2.23. The Bertz CT molecular complexity index is 118. The van der Waals surface area contributed by atoms with Gasteiger partial charge in [0.1, 0.15) is 0 Å². The van der Waals surface area contributed by atoms with Gasteiger partial charge >= 0.3 is 4.83 Å². The SMILES string of the molecule is FC(F)(Br)CNC1CCCC1. The molecular formula is C7H12BrF2N. The summed E-state index contributed by atoms with van der Waals surface area (Å²) in [5.41, 5.74) is 0. The van der Waals surface area contributed by atoms with E-state index in [2.05, 4.69) is 21.2 Å². The zero-order valence-electron chi connectivity index (χ0n) is 6.25. The van der Waals surface area contributed by atoms with E-state index in [1.54, 1.807) is 0 Å². The lowest BCUT2D eigenvalue weighted by molar-refractivity contribution is 0.109. The highest BCUT2D eigenvalue weighted by Gasteiger charge is 2.25. The third-order valence-electron chi connectivity index (χ3n) is 1.95. The number of alkyl halides is 3. The Morgan fingerprint density at radius 2 is 1.91 bits per heavy atom. The molecule has 11 heavy (non-hydrogen) atoms. The van der Waals surface area contributed by atoms with Crippen LogP contribution in [-0.2, 0) is 0 Å². The lowest BCUT2D eigenvalue weighted by Crippen LogP contribution is -2.34. The van der Waals surface area contributed by atoms with Crippen LogP contribution in [0.25, 0.3) is 0 Å². The van der Waals surface area contributed by atoms with Crippen molar-refractivity contribution >= 4 is 15.9 Å². The zero-order chi connectivity index (χ0) is 8.32. The minimum atomic E-state index is -2.74. The predicted molar refractivity (Wildman–Crippen MR) is 44.1 cm³/mol.